The predicted octanol–water partition coefficient (Wildman–Crippen LogP) is 4.99. The standard InChI is InChI=1S/C21H20N4O/c1-13-5-4-6-15(9-13)21-18-8-7-17(26-3)11-16(18)12-19(23-21)22-20-10-14(2)24-25-20/h4-12H,1-3H3,(H2,22,23,24,25). The molecule has 5 nitrogen and oxygen atoms in total. The van der Waals surface area contributed by atoms with Gasteiger partial charge in [0.2, 0.25) is 0 Å². The lowest BCUT2D eigenvalue weighted by Gasteiger charge is -2.12. The Bertz CT molecular complexity index is 1080. The van der Waals surface area contributed by atoms with E-state index in [2.05, 4.69) is 52.8 Å². The summed E-state index contributed by atoms with van der Waals surface area (Å²) in [5, 5.41) is 12.6. The lowest BCUT2D eigenvalue weighted by Crippen LogP contribution is -1.97. The maximum Gasteiger partial charge on any atom is 0.153 e. The molecule has 0 aliphatic heterocycles. The van der Waals surface area contributed by atoms with Gasteiger partial charge >= 0.3 is 0 Å². The van der Waals surface area contributed by atoms with Crippen molar-refractivity contribution in [3.8, 4) is 17.0 Å². The van der Waals surface area contributed by atoms with Gasteiger partial charge in [-0.25, -0.2) is 4.98 Å². The fraction of sp³-hybridized carbons (Fsp3) is 0.143. The summed E-state index contributed by atoms with van der Waals surface area (Å²) in [6.45, 7) is 4.05. The molecule has 0 radical (unpaired) electrons. The van der Waals surface area contributed by atoms with Crippen molar-refractivity contribution in [2.24, 2.45) is 0 Å². The van der Waals surface area contributed by atoms with Gasteiger partial charge in [0.25, 0.3) is 0 Å². The van der Waals surface area contributed by atoms with E-state index in [0.717, 1.165) is 45.1 Å². The lowest BCUT2D eigenvalue weighted by atomic mass is 10.0. The number of ether oxygens (including phenoxy) is 1. The van der Waals surface area contributed by atoms with Crippen LogP contribution in [0.5, 0.6) is 5.75 Å². The third kappa shape index (κ3) is 3.11. The number of nitrogens with zero attached hydrogens (tertiary/aromatic N) is 2. The summed E-state index contributed by atoms with van der Waals surface area (Å²) in [5.74, 6) is 2.31. The first-order valence-corrected chi connectivity index (χ1v) is 8.47. The number of anilines is 2. The van der Waals surface area contributed by atoms with E-state index >= 15 is 0 Å². The molecule has 0 saturated carbocycles. The highest BCUT2D eigenvalue weighted by molar-refractivity contribution is 5.97. The molecule has 4 aromatic rings. The summed E-state index contributed by atoms with van der Waals surface area (Å²) in [4.78, 5) is 4.87. The van der Waals surface area contributed by atoms with Crippen molar-refractivity contribution in [1.29, 1.82) is 0 Å². The first kappa shape index (κ1) is 16.1. The van der Waals surface area contributed by atoms with Crippen molar-refractivity contribution in [3.63, 3.8) is 0 Å². The van der Waals surface area contributed by atoms with E-state index in [1.807, 2.05) is 31.2 Å². The van der Waals surface area contributed by atoms with Crippen LogP contribution in [0.1, 0.15) is 11.3 Å². The molecule has 0 aliphatic rings. The van der Waals surface area contributed by atoms with Gasteiger partial charge in [-0.2, -0.15) is 5.10 Å². The van der Waals surface area contributed by atoms with E-state index in [1.54, 1.807) is 7.11 Å². The third-order valence-corrected chi connectivity index (χ3v) is 4.29. The highest BCUT2D eigenvalue weighted by Gasteiger charge is 2.11. The van der Waals surface area contributed by atoms with Crippen molar-refractivity contribution in [2.75, 3.05) is 12.4 Å². The second kappa shape index (κ2) is 6.52. The Labute approximate surface area is 152 Å². The molecule has 0 unspecified atom stereocenters. The molecule has 2 heterocycles. The van der Waals surface area contributed by atoms with Crippen LogP contribution in [0, 0.1) is 13.8 Å². The Kier molecular flexibility index (Phi) is 4.05. The number of H-pyrrole nitrogens is 1. The second-order valence-corrected chi connectivity index (χ2v) is 6.37. The normalized spacial score (nSPS) is 10.9. The number of nitrogens with one attached hydrogen (secondary N) is 2. The molecule has 0 atom stereocenters. The molecule has 0 amide bonds. The maximum atomic E-state index is 5.39. The van der Waals surface area contributed by atoms with Crippen molar-refractivity contribution in [2.45, 2.75) is 13.8 Å². The number of hydrogen-bond acceptors (Lipinski definition) is 4. The number of aryl methyl sites for hydroxylation is 2. The summed E-state index contributed by atoms with van der Waals surface area (Å²) in [6.07, 6.45) is 0. The number of pyridine rings is 1. The van der Waals surface area contributed by atoms with Crippen LogP contribution in [0.25, 0.3) is 22.0 Å². The minimum absolute atomic E-state index is 0.743. The Morgan fingerprint density at radius 2 is 1.85 bits per heavy atom. The van der Waals surface area contributed by atoms with Gasteiger partial charge in [-0.3, -0.25) is 5.10 Å². The van der Waals surface area contributed by atoms with Crippen molar-refractivity contribution < 1.29 is 4.74 Å². The van der Waals surface area contributed by atoms with Gasteiger partial charge in [-0.05, 0) is 49.6 Å². The Hall–Kier alpha value is -3.34. The molecule has 0 fully saturated rings. The summed E-state index contributed by atoms with van der Waals surface area (Å²) < 4.78 is 5.39. The smallest absolute Gasteiger partial charge is 0.153 e. The van der Waals surface area contributed by atoms with Crippen molar-refractivity contribution >= 4 is 22.4 Å². The van der Waals surface area contributed by atoms with Crippen LogP contribution in [0.4, 0.5) is 11.6 Å². The van der Waals surface area contributed by atoms with Crippen molar-refractivity contribution in [1.82, 2.24) is 15.2 Å². The van der Waals surface area contributed by atoms with E-state index in [9.17, 15) is 0 Å². The quantitative estimate of drug-likeness (QED) is 0.547. The fourth-order valence-corrected chi connectivity index (χ4v) is 3.05. The zero-order valence-corrected chi connectivity index (χ0v) is 15.0. The van der Waals surface area contributed by atoms with Gasteiger partial charge in [0.05, 0.1) is 12.8 Å². The van der Waals surface area contributed by atoms with Crippen LogP contribution in [0.2, 0.25) is 0 Å². The Morgan fingerprint density at radius 1 is 0.962 bits per heavy atom. The Morgan fingerprint density at radius 3 is 2.58 bits per heavy atom. The first-order chi connectivity index (χ1) is 12.6. The Balaban J connectivity index is 1.89. The maximum absolute atomic E-state index is 5.39. The fourth-order valence-electron chi connectivity index (χ4n) is 3.05. The summed E-state index contributed by atoms with van der Waals surface area (Å²) in [7, 11) is 1.68. The van der Waals surface area contributed by atoms with Crippen LogP contribution in [0.3, 0.4) is 0 Å². The molecule has 2 N–H and O–H groups in total. The number of hydrogen-bond donors (Lipinski definition) is 2. The molecule has 0 saturated heterocycles. The second-order valence-electron chi connectivity index (χ2n) is 6.37. The summed E-state index contributed by atoms with van der Waals surface area (Å²) >= 11 is 0. The highest BCUT2D eigenvalue weighted by Crippen LogP contribution is 2.32. The number of benzene rings is 2. The van der Waals surface area contributed by atoms with Crippen molar-refractivity contribution in [3.05, 3.63) is 65.9 Å². The van der Waals surface area contributed by atoms with Crippen LogP contribution < -0.4 is 10.1 Å². The molecule has 2 aromatic heterocycles. The molecule has 0 spiro atoms. The van der Waals surface area contributed by atoms with E-state index in [0.29, 0.717) is 0 Å². The zero-order chi connectivity index (χ0) is 18.1. The first-order valence-electron chi connectivity index (χ1n) is 8.47. The molecule has 0 aliphatic carbocycles. The van der Waals surface area contributed by atoms with Gasteiger partial charge in [0.15, 0.2) is 5.82 Å². The van der Waals surface area contributed by atoms with Gasteiger partial charge < -0.3 is 10.1 Å². The van der Waals surface area contributed by atoms with Crippen LogP contribution in [0.15, 0.2) is 54.6 Å². The molecule has 2 aromatic carbocycles. The average molecular weight is 344 g/mol. The van der Waals surface area contributed by atoms with Crippen LogP contribution in [-0.2, 0) is 0 Å². The number of methoxy groups -OCH3 is 1. The molecular formula is C21H20N4O. The van der Waals surface area contributed by atoms with Gasteiger partial charge in [-0.15, -0.1) is 0 Å². The zero-order valence-electron chi connectivity index (χ0n) is 15.0. The van der Waals surface area contributed by atoms with E-state index < -0.39 is 0 Å². The predicted molar refractivity (Wildman–Crippen MR) is 105 cm³/mol. The SMILES string of the molecule is COc1ccc2c(-c3cccc(C)c3)nc(Nc3cc(C)[nH]n3)cc2c1. The number of rotatable bonds is 4. The largest absolute Gasteiger partial charge is 0.497 e. The minimum Gasteiger partial charge on any atom is -0.497 e. The van der Waals surface area contributed by atoms with Gasteiger partial charge in [0, 0.05) is 22.7 Å². The highest BCUT2D eigenvalue weighted by atomic mass is 16.5. The molecule has 5 heteroatoms. The van der Waals surface area contributed by atoms with Crippen LogP contribution in [-0.4, -0.2) is 22.3 Å². The topological polar surface area (TPSA) is 62.8 Å². The summed E-state index contributed by atoms with van der Waals surface area (Å²) in [6, 6.07) is 18.4. The monoisotopic (exact) mass is 344 g/mol. The molecule has 0 bridgehead atoms. The third-order valence-electron chi connectivity index (χ3n) is 4.29. The molecule has 4 rings (SSSR count). The van der Waals surface area contributed by atoms with Gasteiger partial charge in [-0.1, -0.05) is 23.8 Å². The van der Waals surface area contributed by atoms with E-state index in [1.165, 1.54) is 5.56 Å². The van der Waals surface area contributed by atoms with Crippen LogP contribution >= 0.6 is 0 Å². The average Bonchev–Trinajstić information content (AvgIpc) is 3.05. The number of aromatic nitrogens is 3. The van der Waals surface area contributed by atoms with E-state index in [4.69, 9.17) is 9.72 Å². The summed E-state index contributed by atoms with van der Waals surface area (Å²) in [5.41, 5.74) is 4.21. The number of fused-ring (bicyclic) bond motifs is 1. The minimum atomic E-state index is 0.743. The lowest BCUT2D eigenvalue weighted by molar-refractivity contribution is 0.415. The number of aromatic amines is 1. The molecule has 130 valence electrons. The van der Waals surface area contributed by atoms with Gasteiger partial charge in [0.1, 0.15) is 11.6 Å². The molecular weight excluding hydrogens is 324 g/mol. The van der Waals surface area contributed by atoms with E-state index in [-0.39, 0.29) is 0 Å². The molecule has 26 heavy (non-hydrogen) atoms.